The maximum atomic E-state index is 12.1. The van der Waals surface area contributed by atoms with Crippen LogP contribution in [-0.4, -0.2) is 61.7 Å². The Hall–Kier alpha value is -1.07. The Morgan fingerprint density at radius 2 is 1.88 bits per heavy atom. The Labute approximate surface area is 146 Å². The molecular formula is C16H22O8S. The van der Waals surface area contributed by atoms with E-state index in [-0.39, 0.29) is 4.90 Å². The van der Waals surface area contributed by atoms with E-state index >= 15 is 0 Å². The highest BCUT2D eigenvalue weighted by molar-refractivity contribution is 7.86. The van der Waals surface area contributed by atoms with Gasteiger partial charge in [-0.3, -0.25) is 4.18 Å². The summed E-state index contributed by atoms with van der Waals surface area (Å²) < 4.78 is 45.6. The van der Waals surface area contributed by atoms with Gasteiger partial charge in [0, 0.05) is 0 Å². The fraction of sp³-hybridized carbons (Fsp3) is 0.625. The van der Waals surface area contributed by atoms with E-state index in [2.05, 4.69) is 0 Å². The second-order valence-electron chi connectivity index (χ2n) is 6.68. The summed E-state index contributed by atoms with van der Waals surface area (Å²) in [5.41, 5.74) is 0.913. The molecule has 3 rings (SSSR count). The van der Waals surface area contributed by atoms with E-state index in [4.69, 9.17) is 18.4 Å². The van der Waals surface area contributed by atoms with Crippen molar-refractivity contribution in [3.05, 3.63) is 29.8 Å². The number of aliphatic hydroxyl groups excluding tert-OH is 2. The summed E-state index contributed by atoms with van der Waals surface area (Å²) in [6, 6.07) is 6.14. The summed E-state index contributed by atoms with van der Waals surface area (Å²) in [5, 5.41) is 20.4. The van der Waals surface area contributed by atoms with Crippen LogP contribution in [0, 0.1) is 6.92 Å². The highest BCUT2D eigenvalue weighted by Gasteiger charge is 2.56. The Morgan fingerprint density at radius 1 is 1.24 bits per heavy atom. The maximum absolute atomic E-state index is 12.1. The molecule has 9 heteroatoms. The van der Waals surface area contributed by atoms with Gasteiger partial charge >= 0.3 is 0 Å². The molecule has 0 radical (unpaired) electrons. The van der Waals surface area contributed by atoms with Gasteiger partial charge in [0.1, 0.15) is 24.4 Å². The van der Waals surface area contributed by atoms with E-state index in [1.165, 1.54) is 12.1 Å². The molecule has 0 aliphatic carbocycles. The molecule has 25 heavy (non-hydrogen) atoms. The summed E-state index contributed by atoms with van der Waals surface area (Å²) in [6.07, 6.45) is -5.16. The van der Waals surface area contributed by atoms with E-state index in [1.54, 1.807) is 26.0 Å². The lowest BCUT2D eigenvalue weighted by molar-refractivity contribution is -0.226. The highest BCUT2D eigenvalue weighted by atomic mass is 32.2. The molecule has 0 saturated carbocycles. The van der Waals surface area contributed by atoms with E-state index in [9.17, 15) is 18.6 Å². The number of aliphatic hydroxyl groups is 2. The third-order valence-electron chi connectivity index (χ3n) is 4.14. The maximum Gasteiger partial charge on any atom is 0.297 e. The van der Waals surface area contributed by atoms with Crippen molar-refractivity contribution in [2.45, 2.75) is 62.2 Å². The van der Waals surface area contributed by atoms with E-state index in [1.807, 2.05) is 6.92 Å². The molecule has 2 fully saturated rings. The first-order valence-corrected chi connectivity index (χ1v) is 9.33. The van der Waals surface area contributed by atoms with Gasteiger partial charge < -0.3 is 24.4 Å². The lowest BCUT2D eigenvalue weighted by Crippen LogP contribution is -2.43. The zero-order valence-electron chi connectivity index (χ0n) is 14.2. The standard InChI is InChI=1S/C16H22O8S/c1-9-4-6-10(7-5-9)25(19,20)21-8-11(17)13-12(18)14-15(22-13)24-16(2,3)23-14/h4-7,11-15,17-18H,8H2,1-3H3/t11?,12-,13-,14?,15-/m1/s1. The normalized spacial score (nSPS) is 32.5. The molecule has 2 heterocycles. The van der Waals surface area contributed by atoms with Crippen LogP contribution in [0.3, 0.4) is 0 Å². The topological polar surface area (TPSA) is 112 Å². The first-order valence-electron chi connectivity index (χ1n) is 7.92. The molecule has 0 bridgehead atoms. The largest absolute Gasteiger partial charge is 0.388 e. The first-order chi connectivity index (χ1) is 11.6. The third kappa shape index (κ3) is 3.87. The minimum Gasteiger partial charge on any atom is -0.388 e. The molecule has 140 valence electrons. The molecular weight excluding hydrogens is 352 g/mol. The van der Waals surface area contributed by atoms with Crippen LogP contribution in [0.25, 0.3) is 0 Å². The minimum absolute atomic E-state index is 0.0107. The molecule has 0 spiro atoms. The molecule has 2 aliphatic heterocycles. The van der Waals surface area contributed by atoms with Crippen molar-refractivity contribution < 1.29 is 37.0 Å². The number of hydrogen-bond acceptors (Lipinski definition) is 8. The number of benzene rings is 1. The highest BCUT2D eigenvalue weighted by Crippen LogP contribution is 2.38. The van der Waals surface area contributed by atoms with Gasteiger partial charge in [0.05, 0.1) is 11.5 Å². The van der Waals surface area contributed by atoms with Crippen molar-refractivity contribution in [3.8, 4) is 0 Å². The van der Waals surface area contributed by atoms with Gasteiger partial charge in [-0.2, -0.15) is 8.42 Å². The summed E-state index contributed by atoms with van der Waals surface area (Å²) >= 11 is 0. The summed E-state index contributed by atoms with van der Waals surface area (Å²) in [7, 11) is -4.02. The molecule has 8 nitrogen and oxygen atoms in total. The molecule has 5 atom stereocenters. The van der Waals surface area contributed by atoms with Gasteiger partial charge in [-0.1, -0.05) is 17.7 Å². The van der Waals surface area contributed by atoms with Crippen LogP contribution in [0.4, 0.5) is 0 Å². The molecule has 0 amide bonds. The average molecular weight is 374 g/mol. The quantitative estimate of drug-likeness (QED) is 0.708. The van der Waals surface area contributed by atoms with Crippen molar-refractivity contribution in [3.63, 3.8) is 0 Å². The van der Waals surface area contributed by atoms with Crippen LogP contribution in [0.5, 0.6) is 0 Å². The lowest BCUT2D eigenvalue weighted by atomic mass is 10.1. The van der Waals surface area contributed by atoms with Crippen LogP contribution >= 0.6 is 0 Å². The van der Waals surface area contributed by atoms with Crippen LogP contribution < -0.4 is 0 Å². The van der Waals surface area contributed by atoms with Gasteiger partial charge in [-0.05, 0) is 32.9 Å². The van der Waals surface area contributed by atoms with Gasteiger partial charge in [0.15, 0.2) is 12.1 Å². The van der Waals surface area contributed by atoms with E-state index in [0.29, 0.717) is 0 Å². The number of ether oxygens (including phenoxy) is 3. The fourth-order valence-corrected chi connectivity index (χ4v) is 3.79. The Balaban J connectivity index is 1.60. The summed E-state index contributed by atoms with van der Waals surface area (Å²) in [6.45, 7) is 4.65. The predicted octanol–water partition coefficient (Wildman–Crippen LogP) is 0.299. The minimum atomic E-state index is -4.02. The number of hydrogen-bond donors (Lipinski definition) is 2. The van der Waals surface area contributed by atoms with Crippen molar-refractivity contribution >= 4 is 10.1 Å². The number of aryl methyl sites for hydroxylation is 1. The van der Waals surface area contributed by atoms with Gasteiger partial charge in [-0.15, -0.1) is 0 Å². The zero-order chi connectivity index (χ0) is 18.4. The molecule has 0 aromatic heterocycles. The SMILES string of the molecule is Cc1ccc(S(=O)(=O)OCC(O)[C@H]2O[C@@H]3OC(C)(C)OC3[C@@H]2O)cc1. The summed E-state index contributed by atoms with van der Waals surface area (Å²) in [5.74, 6) is -0.891. The Morgan fingerprint density at radius 3 is 2.48 bits per heavy atom. The molecule has 1 aromatic carbocycles. The second kappa shape index (κ2) is 6.58. The van der Waals surface area contributed by atoms with Crippen molar-refractivity contribution in [1.29, 1.82) is 0 Å². The van der Waals surface area contributed by atoms with Crippen LogP contribution in [0.1, 0.15) is 19.4 Å². The lowest BCUT2D eigenvalue weighted by Gasteiger charge is -2.25. The van der Waals surface area contributed by atoms with Crippen LogP contribution in [0.2, 0.25) is 0 Å². The van der Waals surface area contributed by atoms with Gasteiger partial charge in [-0.25, -0.2) is 0 Å². The zero-order valence-corrected chi connectivity index (χ0v) is 15.0. The monoisotopic (exact) mass is 374 g/mol. The Bertz CT molecular complexity index is 714. The van der Waals surface area contributed by atoms with E-state index < -0.39 is 53.2 Å². The van der Waals surface area contributed by atoms with Gasteiger partial charge in [0.25, 0.3) is 10.1 Å². The molecule has 2 saturated heterocycles. The number of rotatable bonds is 5. The van der Waals surface area contributed by atoms with E-state index in [0.717, 1.165) is 5.56 Å². The molecule has 1 aromatic rings. The first kappa shape index (κ1) is 18.7. The summed E-state index contributed by atoms with van der Waals surface area (Å²) in [4.78, 5) is -0.0107. The fourth-order valence-electron chi connectivity index (χ4n) is 2.86. The van der Waals surface area contributed by atoms with Crippen LogP contribution in [-0.2, 0) is 28.5 Å². The van der Waals surface area contributed by atoms with Crippen molar-refractivity contribution in [2.24, 2.45) is 0 Å². The van der Waals surface area contributed by atoms with Gasteiger partial charge in [0.2, 0.25) is 0 Å². The molecule has 2 N–H and O–H groups in total. The van der Waals surface area contributed by atoms with Crippen molar-refractivity contribution in [1.82, 2.24) is 0 Å². The Kier molecular flexibility index (Phi) is 4.93. The molecule has 2 unspecified atom stereocenters. The van der Waals surface area contributed by atoms with Crippen molar-refractivity contribution in [2.75, 3.05) is 6.61 Å². The van der Waals surface area contributed by atoms with Crippen LogP contribution in [0.15, 0.2) is 29.2 Å². The smallest absolute Gasteiger partial charge is 0.297 e. The average Bonchev–Trinajstić information content (AvgIpc) is 2.99. The predicted molar refractivity (Wildman–Crippen MR) is 85.0 cm³/mol. The molecule has 2 aliphatic rings. The third-order valence-corrected chi connectivity index (χ3v) is 5.43. The second-order valence-corrected chi connectivity index (χ2v) is 8.29. The number of fused-ring (bicyclic) bond motifs is 1.